The number of amides is 4. The first-order chi connectivity index (χ1) is 51.9. The Hall–Kier alpha value is -5.36. The molecule has 4 saturated heterocycles. The Labute approximate surface area is 661 Å². The van der Waals surface area contributed by atoms with Gasteiger partial charge in [0.2, 0.25) is 29.0 Å². The molecule has 4 amide bonds. The van der Waals surface area contributed by atoms with Crippen molar-refractivity contribution in [1.29, 1.82) is 0 Å². The number of nitrogens with one attached hydrogen (secondary N) is 3. The minimum Gasteiger partial charge on any atom is -0.494 e. The number of methoxy groups -OCH3 is 5. The largest absolute Gasteiger partial charge is 0.494 e. The first-order valence-corrected chi connectivity index (χ1v) is 40.5. The number of aliphatic hydroxyl groups excluding tert-OH is 4. The van der Waals surface area contributed by atoms with Crippen molar-refractivity contribution in [2.24, 2.45) is 5.11 Å². The molecule has 0 radical (unpaired) electrons. The zero-order valence-corrected chi connectivity index (χ0v) is 68.8. The molecule has 19 atom stereocenters. The van der Waals surface area contributed by atoms with E-state index in [1.165, 1.54) is 57.0 Å². The lowest BCUT2D eigenvalue weighted by Crippen LogP contribution is -2.65. The average Bonchev–Trinajstić information content (AvgIpc) is 0.754. The van der Waals surface area contributed by atoms with E-state index in [9.17, 15) is 54.3 Å². The van der Waals surface area contributed by atoms with Gasteiger partial charge < -0.3 is 97.3 Å². The van der Waals surface area contributed by atoms with E-state index in [1.807, 2.05) is 55.5 Å². The Morgan fingerprint density at radius 2 is 1.57 bits per heavy atom. The predicted molar refractivity (Wildman–Crippen MR) is 410 cm³/mol. The van der Waals surface area contributed by atoms with Crippen LogP contribution < -0.4 is 35.1 Å². The number of likely N-dealkylation sites (N-methyl/N-ethyl adjacent to an activating group) is 1. The number of Topliss-reactive ketones (excluding diaryl/α,β-unsaturated/α-hetero) is 1. The number of rotatable bonds is 30. The van der Waals surface area contributed by atoms with E-state index in [0.29, 0.717) is 59.4 Å². The zero-order chi connectivity index (χ0) is 79.8. The lowest BCUT2D eigenvalue weighted by Gasteiger charge is -2.48. The molecule has 2 aliphatic carbocycles. The molecule has 19 unspecified atom stereocenters. The lowest BCUT2D eigenvalue weighted by molar-refractivity contribution is -0.340. The molecule has 4 heterocycles. The fourth-order valence-electron chi connectivity index (χ4n) is 13.9. The number of benzene rings is 2. The van der Waals surface area contributed by atoms with Crippen molar-refractivity contribution in [1.82, 2.24) is 21.0 Å². The van der Waals surface area contributed by atoms with Gasteiger partial charge in [-0.3, -0.25) is 34.1 Å². The summed E-state index contributed by atoms with van der Waals surface area (Å²) in [5.74, 6) is -0.368. The van der Waals surface area contributed by atoms with Crippen molar-refractivity contribution in [2.75, 3.05) is 68.1 Å². The van der Waals surface area contributed by atoms with Crippen LogP contribution in [-0.2, 0) is 66.6 Å². The number of ketones is 1. The van der Waals surface area contributed by atoms with Gasteiger partial charge >= 0.3 is 17.7 Å². The van der Waals surface area contributed by atoms with Gasteiger partial charge in [-0.1, -0.05) is 51.6 Å². The summed E-state index contributed by atoms with van der Waals surface area (Å²) in [7, 11) is 11.1. The maximum absolute atomic E-state index is 14.6. The van der Waals surface area contributed by atoms with Crippen molar-refractivity contribution in [3.05, 3.63) is 79.6 Å². The lowest BCUT2D eigenvalue weighted by atomic mass is 9.72. The van der Waals surface area contributed by atoms with Gasteiger partial charge in [-0.2, -0.15) is 5.48 Å². The highest BCUT2D eigenvalue weighted by atomic mass is 127. The van der Waals surface area contributed by atoms with Crippen molar-refractivity contribution in [3.63, 3.8) is 0 Å². The van der Waals surface area contributed by atoms with Gasteiger partial charge in [0.1, 0.15) is 36.3 Å². The van der Waals surface area contributed by atoms with E-state index in [-0.39, 0.29) is 95.9 Å². The zero-order valence-electron chi connectivity index (χ0n) is 64.2. The number of thioether (sulfide) groups is 1. The van der Waals surface area contributed by atoms with E-state index in [0.717, 1.165) is 24.4 Å². The van der Waals surface area contributed by atoms with E-state index in [1.54, 1.807) is 76.9 Å². The summed E-state index contributed by atoms with van der Waals surface area (Å²) in [5.41, 5.74) is 3.13. The van der Waals surface area contributed by atoms with Crippen LogP contribution in [-0.4, -0.2) is 264 Å². The fourth-order valence-corrected chi connectivity index (χ4v) is 18.0. The maximum atomic E-state index is 14.6. The van der Waals surface area contributed by atoms with Crippen LogP contribution in [0.1, 0.15) is 141 Å². The minimum atomic E-state index is -1.80. The Bertz CT molecular complexity index is 3650. The van der Waals surface area contributed by atoms with Gasteiger partial charge in [-0.25, -0.2) is 4.79 Å². The second-order valence-electron chi connectivity index (χ2n) is 27.9. The van der Waals surface area contributed by atoms with Gasteiger partial charge in [0.15, 0.2) is 41.3 Å². The standard InChI is InChI=1S/C74H105IN6O25S3/c1-16-81(42(7)82)46-36-99-53(33-50(46)93-11)104-66-61(88)58(80-106-54-32-47(83)68(41(6)100-54)108-69(90)55-37(2)57(75)64(67(96-14)63(55)94-12)105-70-62(89)65(95-13)60(87)40(5)102-70)39(4)101-71(66)103-49-22-19-17-18-20-29-74(92)34-48(84)59(77-72(91)97-15)56(49)45(74)28-31-107-109-73(8,9)35-52(86)79-78-38(3)43-24-26-44(27-25-43)98-30-21-23-51(85)76-10/h17-18,24-28,39-41,46-47,49-50,53-54,58,60-62,65-66,68,70-71,80,83,87-89,92H,16,19-23,29-36H2,1-15H3,(H-,76,77,85,91)/p+1/b18-17-,45-28+. The number of ether oxygens (including phenoxy) is 13. The highest BCUT2D eigenvalue weighted by Gasteiger charge is 2.53. The number of fused-ring (bicyclic) bond motifs is 2. The van der Waals surface area contributed by atoms with Gasteiger partial charge in [-0.15, -0.1) is 0 Å². The van der Waals surface area contributed by atoms with E-state index in [4.69, 9.17) is 66.4 Å². The van der Waals surface area contributed by atoms with Crippen molar-refractivity contribution < 1.29 is 126 Å². The number of nitrogens with zero attached hydrogens (tertiary/aromatic N) is 3. The quantitative estimate of drug-likeness (QED) is 0.00604. The third kappa shape index (κ3) is 22.6. The molecule has 2 aromatic rings. The van der Waals surface area contributed by atoms with Crippen LogP contribution in [0.4, 0.5) is 4.79 Å². The van der Waals surface area contributed by atoms with Gasteiger partial charge in [0.05, 0.1) is 126 Å². The van der Waals surface area contributed by atoms with Crippen LogP contribution >= 0.6 is 55.9 Å². The summed E-state index contributed by atoms with van der Waals surface area (Å²) < 4.78 is 78.9. The first-order valence-electron chi connectivity index (χ1n) is 36.3. The second kappa shape index (κ2) is 41.1. The fraction of sp³-hybridized carbons (Fsp3) is 0.662. The number of carbonyl (C=O) groups excluding carboxylic acids is 6. The topological polar surface area (TPSA) is 399 Å². The summed E-state index contributed by atoms with van der Waals surface area (Å²) in [6, 6.07) is 5.52. The van der Waals surface area contributed by atoms with Crippen LogP contribution in [0.5, 0.6) is 23.0 Å². The number of halogens is 1. The summed E-state index contributed by atoms with van der Waals surface area (Å²) in [6.07, 6.45) is -11.4. The van der Waals surface area contributed by atoms with Crippen LogP contribution in [0.15, 0.2) is 64.5 Å². The first kappa shape index (κ1) is 89.2. The minimum absolute atomic E-state index is 0.00513. The molecule has 0 aromatic heterocycles. The van der Waals surface area contributed by atoms with Crippen LogP contribution in [0.3, 0.4) is 0 Å². The van der Waals surface area contributed by atoms with E-state index in [2.05, 4.69) is 26.0 Å². The number of carbonyl (C=O) groups is 6. The molecule has 31 nitrogen and oxygen atoms in total. The Morgan fingerprint density at radius 1 is 0.862 bits per heavy atom. The summed E-state index contributed by atoms with van der Waals surface area (Å²) in [6.45, 7) is 16.1. The predicted octanol–water partition coefficient (Wildman–Crippen LogP) is 6.50. The number of alkyl carbamates (subject to hydrolysis) is 1. The molecule has 4 aliphatic heterocycles. The molecule has 0 saturated carbocycles. The molecule has 0 spiro atoms. The monoisotopic (exact) mass is 1700 g/mol. The molecular formula is C74H106IN6O25S3+. The number of hydrogen-bond donors (Lipinski definition) is 8. The number of hydrogen-bond acceptors (Lipinski definition) is 29. The van der Waals surface area contributed by atoms with Crippen molar-refractivity contribution >= 4 is 96.4 Å². The van der Waals surface area contributed by atoms with Gasteiger partial charge in [-0.05, 0) is 139 Å². The number of hydroxylamine groups is 1. The molecule has 6 aliphatic rings. The van der Waals surface area contributed by atoms with Crippen LogP contribution in [0, 0.1) is 10.5 Å². The Balaban J connectivity index is 1.02. The van der Waals surface area contributed by atoms with Crippen molar-refractivity contribution in [2.45, 2.75) is 247 Å². The van der Waals surface area contributed by atoms with Crippen LogP contribution in [0.2, 0.25) is 0 Å². The normalized spacial score (nSPS) is 30.8. The average molecular weight is 1700 g/mol. The molecule has 606 valence electrons. The molecule has 8 N–H and O–H groups in total. The molecular weight excluding hydrogens is 1600 g/mol. The molecule has 35 heteroatoms. The third-order valence-corrected chi connectivity index (χ3v) is 25.6. The van der Waals surface area contributed by atoms with E-state index < -0.39 is 149 Å². The van der Waals surface area contributed by atoms with E-state index >= 15 is 0 Å². The molecule has 8 rings (SSSR count). The molecule has 109 heavy (non-hydrogen) atoms. The van der Waals surface area contributed by atoms with Crippen molar-refractivity contribution in [3.8, 4) is 23.0 Å². The summed E-state index contributed by atoms with van der Waals surface area (Å²) in [4.78, 5) is 92.5. The Kier molecular flexibility index (Phi) is 33.6. The summed E-state index contributed by atoms with van der Waals surface area (Å²) >= 11 is 2.81. The molecule has 2 bridgehead atoms. The third-order valence-electron chi connectivity index (χ3n) is 19.8. The van der Waals surface area contributed by atoms with Crippen LogP contribution in [0.25, 0.3) is 0 Å². The van der Waals surface area contributed by atoms with Gasteiger partial charge in [0, 0.05) is 83.4 Å². The Morgan fingerprint density at radius 3 is 2.22 bits per heavy atom. The van der Waals surface area contributed by atoms with Gasteiger partial charge in [0.25, 0.3) is 0 Å². The smallest absolute Gasteiger partial charge is 0.411 e. The second-order valence-corrected chi connectivity index (χ2v) is 33.1. The highest BCUT2D eigenvalue weighted by Crippen LogP contribution is 2.50. The SMILES string of the molecule is CCN(C(C)=O)C1COC(OC2C(OC3CC/C=C\CCC4(O)CC(=O)C(NC(=O)OC)=C3/C4=C\CSSC(C)(C)CC(=O)N=[N+]=C(C)c3ccc(OCCCC(=O)NC)cc3)OC(C)C(NOC3CC(O)C(SC(=O)c4c(C)c(I)c(OC5OC(C)C(O)C(OC)C5O)c(OC)c4OC)C(C)O3)C2O)CC1OC. The maximum Gasteiger partial charge on any atom is 0.411 e. The number of allylic oxidation sites excluding steroid dienone is 3. The highest BCUT2D eigenvalue weighted by molar-refractivity contribution is 14.1. The molecule has 4 fully saturated rings. The number of aliphatic hydroxyl groups is 5. The molecule has 2 aromatic carbocycles. The summed E-state index contributed by atoms with van der Waals surface area (Å²) in [5, 5.41) is 67.3.